The molecule has 0 aliphatic heterocycles. The van der Waals surface area contributed by atoms with Gasteiger partial charge < -0.3 is 10.5 Å². The molecule has 0 saturated heterocycles. The van der Waals surface area contributed by atoms with E-state index < -0.39 is 0 Å². The van der Waals surface area contributed by atoms with Gasteiger partial charge in [0.1, 0.15) is 5.75 Å². The summed E-state index contributed by atoms with van der Waals surface area (Å²) < 4.78 is 5.68. The SMILES string of the molecule is Nc1ccc(OCCc2nc(-c3cccnc3)cs2)cc1. The minimum Gasteiger partial charge on any atom is -0.493 e. The summed E-state index contributed by atoms with van der Waals surface area (Å²) >= 11 is 1.64. The molecule has 0 atom stereocenters. The van der Waals surface area contributed by atoms with Gasteiger partial charge in [0, 0.05) is 35.4 Å². The van der Waals surface area contributed by atoms with Gasteiger partial charge in [0.25, 0.3) is 0 Å². The fourth-order valence-corrected chi connectivity index (χ4v) is 2.68. The molecule has 21 heavy (non-hydrogen) atoms. The first-order chi connectivity index (χ1) is 10.3. The van der Waals surface area contributed by atoms with Crippen LogP contribution in [0.25, 0.3) is 11.3 Å². The molecule has 0 spiro atoms. The van der Waals surface area contributed by atoms with Gasteiger partial charge in [0.2, 0.25) is 0 Å². The Kier molecular flexibility index (Phi) is 4.12. The molecule has 3 rings (SSSR count). The smallest absolute Gasteiger partial charge is 0.119 e. The zero-order valence-electron chi connectivity index (χ0n) is 11.4. The summed E-state index contributed by atoms with van der Waals surface area (Å²) in [6.07, 6.45) is 4.37. The third kappa shape index (κ3) is 3.58. The highest BCUT2D eigenvalue weighted by atomic mass is 32.1. The van der Waals surface area contributed by atoms with Crippen LogP contribution in [0.15, 0.2) is 54.2 Å². The lowest BCUT2D eigenvalue weighted by molar-refractivity contribution is 0.322. The lowest BCUT2D eigenvalue weighted by atomic mass is 10.2. The van der Waals surface area contributed by atoms with Gasteiger partial charge in [-0.05, 0) is 36.4 Å². The maximum Gasteiger partial charge on any atom is 0.119 e. The molecule has 4 nitrogen and oxygen atoms in total. The largest absolute Gasteiger partial charge is 0.493 e. The fourth-order valence-electron chi connectivity index (χ4n) is 1.89. The van der Waals surface area contributed by atoms with E-state index in [1.807, 2.05) is 42.6 Å². The number of thiazole rings is 1. The van der Waals surface area contributed by atoms with Gasteiger partial charge in [0.15, 0.2) is 0 Å². The van der Waals surface area contributed by atoms with Crippen molar-refractivity contribution < 1.29 is 4.74 Å². The summed E-state index contributed by atoms with van der Waals surface area (Å²) in [6, 6.07) is 11.3. The molecule has 0 unspecified atom stereocenters. The Balaban J connectivity index is 1.57. The number of aromatic nitrogens is 2. The number of rotatable bonds is 5. The highest BCUT2D eigenvalue weighted by molar-refractivity contribution is 7.09. The molecule has 2 N–H and O–H groups in total. The maximum atomic E-state index is 5.68. The van der Waals surface area contributed by atoms with E-state index in [-0.39, 0.29) is 0 Å². The molecule has 2 heterocycles. The molecule has 0 amide bonds. The molecule has 0 aliphatic carbocycles. The summed E-state index contributed by atoms with van der Waals surface area (Å²) in [5.74, 6) is 0.827. The molecule has 0 bridgehead atoms. The molecule has 0 aliphatic rings. The van der Waals surface area contributed by atoms with Crippen molar-refractivity contribution in [3.8, 4) is 17.0 Å². The number of pyridine rings is 1. The number of hydrogen-bond donors (Lipinski definition) is 1. The molecule has 5 heteroatoms. The van der Waals surface area contributed by atoms with E-state index in [1.165, 1.54) is 0 Å². The number of benzene rings is 1. The van der Waals surface area contributed by atoms with Crippen molar-refractivity contribution in [1.29, 1.82) is 0 Å². The Hall–Kier alpha value is -2.40. The van der Waals surface area contributed by atoms with Crippen LogP contribution in [0.1, 0.15) is 5.01 Å². The lowest BCUT2D eigenvalue weighted by Gasteiger charge is -2.04. The van der Waals surface area contributed by atoms with Crippen LogP contribution in [0.2, 0.25) is 0 Å². The molecule has 0 saturated carbocycles. The van der Waals surface area contributed by atoms with Crippen LogP contribution in [0, 0.1) is 0 Å². The number of nitrogens with zero attached hydrogens (tertiary/aromatic N) is 2. The van der Waals surface area contributed by atoms with Crippen molar-refractivity contribution >= 4 is 17.0 Å². The van der Waals surface area contributed by atoms with Crippen LogP contribution >= 0.6 is 11.3 Å². The number of anilines is 1. The van der Waals surface area contributed by atoms with Crippen LogP contribution in [-0.2, 0) is 6.42 Å². The zero-order valence-corrected chi connectivity index (χ0v) is 12.2. The summed E-state index contributed by atoms with van der Waals surface area (Å²) in [5.41, 5.74) is 8.38. The van der Waals surface area contributed by atoms with Crippen molar-refractivity contribution in [2.75, 3.05) is 12.3 Å². The van der Waals surface area contributed by atoms with E-state index in [9.17, 15) is 0 Å². The second kappa shape index (κ2) is 6.37. The van der Waals surface area contributed by atoms with Gasteiger partial charge in [0.05, 0.1) is 17.3 Å². The van der Waals surface area contributed by atoms with Gasteiger partial charge in [-0.15, -0.1) is 11.3 Å². The molecule has 2 aromatic heterocycles. The molecular formula is C16H15N3OS. The zero-order chi connectivity index (χ0) is 14.5. The van der Waals surface area contributed by atoms with Crippen LogP contribution in [0.4, 0.5) is 5.69 Å². The monoisotopic (exact) mass is 297 g/mol. The van der Waals surface area contributed by atoms with Crippen molar-refractivity contribution in [1.82, 2.24) is 9.97 Å². The minimum atomic E-state index is 0.601. The van der Waals surface area contributed by atoms with Crippen LogP contribution < -0.4 is 10.5 Å². The van der Waals surface area contributed by atoms with Gasteiger partial charge in [-0.3, -0.25) is 4.98 Å². The Morgan fingerprint density at radius 2 is 2.00 bits per heavy atom. The van der Waals surface area contributed by atoms with Crippen molar-refractivity contribution in [3.05, 3.63) is 59.2 Å². The van der Waals surface area contributed by atoms with E-state index >= 15 is 0 Å². The highest BCUT2D eigenvalue weighted by Gasteiger charge is 2.04. The molecular weight excluding hydrogens is 282 g/mol. The second-order valence-corrected chi connectivity index (χ2v) is 5.48. The predicted octanol–water partition coefficient (Wildman–Crippen LogP) is 3.41. The van der Waals surface area contributed by atoms with Gasteiger partial charge in [-0.2, -0.15) is 0 Å². The van der Waals surface area contributed by atoms with E-state index in [2.05, 4.69) is 15.3 Å². The van der Waals surface area contributed by atoms with Crippen molar-refractivity contribution in [3.63, 3.8) is 0 Å². The van der Waals surface area contributed by atoms with Crippen LogP contribution in [0.5, 0.6) is 5.75 Å². The average molecular weight is 297 g/mol. The first kappa shape index (κ1) is 13.6. The lowest BCUT2D eigenvalue weighted by Crippen LogP contribution is -2.01. The third-order valence-electron chi connectivity index (χ3n) is 2.97. The average Bonchev–Trinajstić information content (AvgIpc) is 2.99. The molecule has 106 valence electrons. The molecule has 3 aromatic rings. The minimum absolute atomic E-state index is 0.601. The third-order valence-corrected chi connectivity index (χ3v) is 3.88. The van der Waals surface area contributed by atoms with Crippen LogP contribution in [-0.4, -0.2) is 16.6 Å². The Morgan fingerprint density at radius 1 is 1.14 bits per heavy atom. The highest BCUT2D eigenvalue weighted by Crippen LogP contribution is 2.21. The second-order valence-electron chi connectivity index (χ2n) is 4.54. The van der Waals surface area contributed by atoms with Crippen molar-refractivity contribution in [2.45, 2.75) is 6.42 Å². The topological polar surface area (TPSA) is 61.0 Å². The van der Waals surface area contributed by atoms with E-state index in [1.54, 1.807) is 17.5 Å². The molecule has 1 aromatic carbocycles. The number of hydrogen-bond acceptors (Lipinski definition) is 5. The number of ether oxygens (including phenoxy) is 1. The quantitative estimate of drug-likeness (QED) is 0.733. The first-order valence-corrected chi connectivity index (χ1v) is 7.52. The summed E-state index contributed by atoms with van der Waals surface area (Å²) in [6.45, 7) is 0.601. The van der Waals surface area contributed by atoms with E-state index in [4.69, 9.17) is 10.5 Å². The summed E-state index contributed by atoms with van der Waals surface area (Å²) in [7, 11) is 0. The molecule has 0 radical (unpaired) electrons. The maximum absolute atomic E-state index is 5.68. The Labute approximate surface area is 127 Å². The normalized spacial score (nSPS) is 10.5. The first-order valence-electron chi connectivity index (χ1n) is 6.64. The van der Waals surface area contributed by atoms with Gasteiger partial charge >= 0.3 is 0 Å². The predicted molar refractivity (Wildman–Crippen MR) is 85.4 cm³/mol. The van der Waals surface area contributed by atoms with E-state index in [0.717, 1.165) is 34.1 Å². The Bertz CT molecular complexity index is 695. The Morgan fingerprint density at radius 3 is 2.76 bits per heavy atom. The molecule has 0 fully saturated rings. The number of nitrogens with two attached hydrogens (primary N) is 1. The fraction of sp³-hybridized carbons (Fsp3) is 0.125. The van der Waals surface area contributed by atoms with Crippen molar-refractivity contribution in [2.24, 2.45) is 0 Å². The summed E-state index contributed by atoms with van der Waals surface area (Å²) in [5, 5.41) is 3.11. The van der Waals surface area contributed by atoms with E-state index in [0.29, 0.717) is 6.61 Å². The standard InChI is InChI=1S/C16H15N3OS/c17-13-3-5-14(6-4-13)20-9-7-16-19-15(11-21-16)12-2-1-8-18-10-12/h1-6,8,10-11H,7,9,17H2. The summed E-state index contributed by atoms with van der Waals surface area (Å²) in [4.78, 5) is 8.71. The number of nitrogen functional groups attached to an aromatic ring is 1. The van der Waals surface area contributed by atoms with Gasteiger partial charge in [-0.25, -0.2) is 4.98 Å². The van der Waals surface area contributed by atoms with Crippen LogP contribution in [0.3, 0.4) is 0 Å². The van der Waals surface area contributed by atoms with Gasteiger partial charge in [-0.1, -0.05) is 0 Å².